The largest absolute Gasteiger partial charge is 0.491 e. The van der Waals surface area contributed by atoms with Crippen molar-refractivity contribution in [3.63, 3.8) is 0 Å². The molecule has 2 heterocycles. The van der Waals surface area contributed by atoms with Crippen LogP contribution in [0.5, 0.6) is 5.75 Å². The molecule has 2 aliphatic heterocycles. The zero-order valence-corrected chi connectivity index (χ0v) is 14.3. The smallest absolute Gasteiger partial charge is 0.191 e. The van der Waals surface area contributed by atoms with Crippen molar-refractivity contribution in [2.45, 2.75) is 57.9 Å². The van der Waals surface area contributed by atoms with E-state index in [1.54, 1.807) is 6.07 Å². The van der Waals surface area contributed by atoms with E-state index >= 15 is 0 Å². The van der Waals surface area contributed by atoms with Crippen molar-refractivity contribution in [1.82, 2.24) is 10.6 Å². The first-order chi connectivity index (χ1) is 11.7. The Labute approximate surface area is 142 Å². The average molecular weight is 335 g/mol. The van der Waals surface area contributed by atoms with Crippen LogP contribution in [0, 0.1) is 5.82 Å². The maximum atomic E-state index is 13.9. The van der Waals surface area contributed by atoms with Gasteiger partial charge in [0.05, 0.1) is 31.4 Å². The van der Waals surface area contributed by atoms with Crippen LogP contribution in [-0.4, -0.2) is 37.4 Å². The van der Waals surface area contributed by atoms with Crippen LogP contribution in [0.4, 0.5) is 4.39 Å². The number of nitrogens with zero attached hydrogens (tertiary/aromatic N) is 1. The van der Waals surface area contributed by atoms with E-state index in [0.717, 1.165) is 30.9 Å². The van der Waals surface area contributed by atoms with E-state index in [4.69, 9.17) is 9.47 Å². The van der Waals surface area contributed by atoms with Gasteiger partial charge in [0.1, 0.15) is 0 Å². The summed E-state index contributed by atoms with van der Waals surface area (Å²) in [5, 5.41) is 6.71. The van der Waals surface area contributed by atoms with E-state index in [1.807, 2.05) is 19.9 Å². The third-order valence-corrected chi connectivity index (χ3v) is 4.49. The minimum atomic E-state index is -0.344. The molecule has 6 heteroatoms. The van der Waals surface area contributed by atoms with Crippen molar-refractivity contribution in [1.29, 1.82) is 0 Å². The zero-order valence-electron chi connectivity index (χ0n) is 14.3. The molecule has 0 saturated carbocycles. The number of benzene rings is 1. The number of hydrogen-bond acceptors (Lipinski definition) is 3. The quantitative estimate of drug-likeness (QED) is 0.620. The van der Waals surface area contributed by atoms with Gasteiger partial charge in [-0.1, -0.05) is 6.07 Å². The van der Waals surface area contributed by atoms with Crippen LogP contribution < -0.4 is 15.4 Å². The van der Waals surface area contributed by atoms with Crippen LogP contribution >= 0.6 is 0 Å². The second-order valence-corrected chi connectivity index (χ2v) is 6.25. The first kappa shape index (κ1) is 17.0. The van der Waals surface area contributed by atoms with Gasteiger partial charge in [-0.2, -0.15) is 0 Å². The second kappa shape index (κ2) is 7.83. The van der Waals surface area contributed by atoms with Crippen molar-refractivity contribution >= 4 is 5.96 Å². The molecule has 0 aromatic heterocycles. The number of halogens is 1. The Morgan fingerprint density at radius 3 is 2.88 bits per heavy atom. The maximum absolute atomic E-state index is 13.9. The number of rotatable bonds is 6. The van der Waals surface area contributed by atoms with E-state index in [2.05, 4.69) is 15.6 Å². The standard InChI is InChI=1S/C18H26FN3O2/c1-3-20-18(22-15-10-13-6-8-17(15)24-13)21-11-12-5-7-16(23-4-2)14(19)9-12/h5,7,9,13,15,17H,3-4,6,8,10-11H2,1-2H3,(H2,20,21,22). The van der Waals surface area contributed by atoms with Gasteiger partial charge in [0.15, 0.2) is 17.5 Å². The molecule has 0 radical (unpaired) electrons. The van der Waals surface area contributed by atoms with Crippen molar-refractivity contribution in [2.24, 2.45) is 4.99 Å². The highest BCUT2D eigenvalue weighted by atomic mass is 19.1. The number of ether oxygens (including phenoxy) is 2. The average Bonchev–Trinajstić information content (AvgIpc) is 3.18. The molecule has 1 aromatic rings. The molecule has 2 fully saturated rings. The lowest BCUT2D eigenvalue weighted by atomic mass is 9.96. The van der Waals surface area contributed by atoms with Gasteiger partial charge >= 0.3 is 0 Å². The maximum Gasteiger partial charge on any atom is 0.191 e. The monoisotopic (exact) mass is 335 g/mol. The summed E-state index contributed by atoms with van der Waals surface area (Å²) >= 11 is 0. The highest BCUT2D eigenvalue weighted by molar-refractivity contribution is 5.80. The molecule has 3 atom stereocenters. The molecule has 132 valence electrons. The van der Waals surface area contributed by atoms with Gasteiger partial charge in [-0.05, 0) is 50.8 Å². The third kappa shape index (κ3) is 3.98. The van der Waals surface area contributed by atoms with E-state index in [0.29, 0.717) is 31.4 Å². The molecule has 3 unspecified atom stereocenters. The first-order valence-electron chi connectivity index (χ1n) is 8.81. The summed E-state index contributed by atoms with van der Waals surface area (Å²) in [4.78, 5) is 4.58. The fourth-order valence-corrected chi connectivity index (χ4v) is 3.37. The zero-order chi connectivity index (χ0) is 16.9. The number of hydrogen-bond donors (Lipinski definition) is 2. The van der Waals surface area contributed by atoms with Crippen molar-refractivity contribution in [2.75, 3.05) is 13.2 Å². The predicted molar refractivity (Wildman–Crippen MR) is 91.8 cm³/mol. The van der Waals surface area contributed by atoms with Crippen molar-refractivity contribution in [3.8, 4) is 5.75 Å². The van der Waals surface area contributed by atoms with Crippen LogP contribution in [0.1, 0.15) is 38.7 Å². The van der Waals surface area contributed by atoms with Crippen LogP contribution in [0.25, 0.3) is 0 Å². The summed E-state index contributed by atoms with van der Waals surface area (Å²) in [5.74, 6) is 0.700. The Morgan fingerprint density at radius 2 is 2.25 bits per heavy atom. The minimum Gasteiger partial charge on any atom is -0.491 e. The molecule has 24 heavy (non-hydrogen) atoms. The molecule has 2 aliphatic rings. The predicted octanol–water partition coefficient (Wildman–Crippen LogP) is 2.60. The Hall–Kier alpha value is -1.82. The fourth-order valence-electron chi connectivity index (χ4n) is 3.37. The van der Waals surface area contributed by atoms with Crippen molar-refractivity contribution in [3.05, 3.63) is 29.6 Å². The highest BCUT2D eigenvalue weighted by Crippen LogP contribution is 2.34. The first-order valence-corrected chi connectivity index (χ1v) is 8.81. The SMILES string of the molecule is CCNC(=NCc1ccc(OCC)c(F)c1)NC1CC2CCC1O2. The summed E-state index contributed by atoms with van der Waals surface area (Å²) in [6.07, 6.45) is 4.01. The molecular weight excluding hydrogens is 309 g/mol. The lowest BCUT2D eigenvalue weighted by Crippen LogP contribution is -2.47. The van der Waals surface area contributed by atoms with E-state index < -0.39 is 0 Å². The van der Waals surface area contributed by atoms with Gasteiger partial charge in [0.25, 0.3) is 0 Å². The Kier molecular flexibility index (Phi) is 5.56. The summed E-state index contributed by atoms with van der Waals surface area (Å²) in [6, 6.07) is 5.31. The molecule has 0 spiro atoms. The molecule has 2 bridgehead atoms. The lowest BCUT2D eigenvalue weighted by molar-refractivity contribution is 0.0992. The van der Waals surface area contributed by atoms with Gasteiger partial charge in [0.2, 0.25) is 0 Å². The van der Waals surface area contributed by atoms with E-state index in [9.17, 15) is 4.39 Å². The minimum absolute atomic E-state index is 0.286. The summed E-state index contributed by atoms with van der Waals surface area (Å²) in [6.45, 7) is 5.52. The molecule has 1 aromatic carbocycles. The Bertz CT molecular complexity index is 594. The molecule has 0 aliphatic carbocycles. The number of nitrogens with one attached hydrogen (secondary N) is 2. The van der Waals surface area contributed by atoms with Crippen molar-refractivity contribution < 1.29 is 13.9 Å². The number of aliphatic imine (C=N–C) groups is 1. The van der Waals surface area contributed by atoms with Gasteiger partial charge in [0, 0.05) is 6.54 Å². The van der Waals surface area contributed by atoms with Crippen LogP contribution in [0.2, 0.25) is 0 Å². The lowest BCUT2D eigenvalue weighted by Gasteiger charge is -2.22. The second-order valence-electron chi connectivity index (χ2n) is 6.25. The van der Waals surface area contributed by atoms with Crippen LogP contribution in [0.3, 0.4) is 0 Å². The number of fused-ring (bicyclic) bond motifs is 2. The molecule has 5 nitrogen and oxygen atoms in total. The Morgan fingerprint density at radius 1 is 1.38 bits per heavy atom. The summed E-state index contributed by atoms with van der Waals surface area (Å²) < 4.78 is 25.0. The van der Waals surface area contributed by atoms with Gasteiger partial charge in [-0.3, -0.25) is 0 Å². The van der Waals surface area contributed by atoms with E-state index in [-0.39, 0.29) is 11.6 Å². The van der Waals surface area contributed by atoms with Gasteiger partial charge < -0.3 is 20.1 Å². The van der Waals surface area contributed by atoms with Gasteiger partial charge in [-0.15, -0.1) is 0 Å². The molecule has 3 rings (SSSR count). The van der Waals surface area contributed by atoms with Gasteiger partial charge in [-0.25, -0.2) is 9.38 Å². The molecular formula is C18H26FN3O2. The molecule has 2 saturated heterocycles. The highest BCUT2D eigenvalue weighted by Gasteiger charge is 2.41. The Balaban J connectivity index is 1.62. The summed E-state index contributed by atoms with van der Waals surface area (Å²) in [7, 11) is 0. The molecule has 2 N–H and O–H groups in total. The third-order valence-electron chi connectivity index (χ3n) is 4.49. The van der Waals surface area contributed by atoms with Crippen LogP contribution in [-0.2, 0) is 11.3 Å². The topological polar surface area (TPSA) is 54.9 Å². The molecule has 0 amide bonds. The van der Waals surface area contributed by atoms with E-state index in [1.165, 1.54) is 12.5 Å². The number of guanidine groups is 1. The van der Waals surface area contributed by atoms with Crippen LogP contribution in [0.15, 0.2) is 23.2 Å². The fraction of sp³-hybridized carbons (Fsp3) is 0.611. The normalized spacial score (nSPS) is 25.8. The summed E-state index contributed by atoms with van der Waals surface area (Å²) in [5.41, 5.74) is 0.817.